The minimum absolute atomic E-state index is 0.0224. The number of carbonyl (C=O) groups excluding carboxylic acids is 2. The van der Waals surface area contributed by atoms with Crippen LogP contribution in [0.15, 0.2) is 24.5 Å². The third-order valence-electron chi connectivity index (χ3n) is 5.70. The van der Waals surface area contributed by atoms with Crippen molar-refractivity contribution in [3.63, 3.8) is 0 Å². The molecule has 2 amide bonds. The van der Waals surface area contributed by atoms with Crippen molar-refractivity contribution >= 4 is 11.8 Å². The number of carbonyl (C=O) groups is 2. The van der Waals surface area contributed by atoms with Crippen molar-refractivity contribution in [1.82, 2.24) is 19.7 Å². The molecular formula is C22H34N4O4. The van der Waals surface area contributed by atoms with Crippen LogP contribution in [0.1, 0.15) is 33.3 Å². The van der Waals surface area contributed by atoms with Gasteiger partial charge in [-0.3, -0.25) is 19.5 Å². The molecule has 2 fully saturated rings. The third-order valence-corrected chi connectivity index (χ3v) is 5.70. The zero-order chi connectivity index (χ0) is 21.7. The molecule has 8 nitrogen and oxygen atoms in total. The molecule has 1 aromatic rings. The van der Waals surface area contributed by atoms with Crippen LogP contribution in [0.25, 0.3) is 0 Å². The van der Waals surface area contributed by atoms with Gasteiger partial charge in [-0.25, -0.2) is 0 Å². The van der Waals surface area contributed by atoms with Crippen LogP contribution in [0.5, 0.6) is 0 Å². The highest BCUT2D eigenvalue weighted by Gasteiger charge is 2.31. The summed E-state index contributed by atoms with van der Waals surface area (Å²) in [4.78, 5) is 36.0. The third kappa shape index (κ3) is 6.00. The minimum atomic E-state index is 0.0224. The van der Waals surface area contributed by atoms with Gasteiger partial charge in [-0.1, -0.05) is 6.07 Å². The molecule has 1 aromatic heterocycles. The smallest absolute Gasteiger partial charge is 0.237 e. The molecule has 3 heterocycles. The molecule has 4 unspecified atom stereocenters. The number of nitrogens with zero attached hydrogens (tertiary/aromatic N) is 4. The van der Waals surface area contributed by atoms with Crippen LogP contribution < -0.4 is 0 Å². The maximum absolute atomic E-state index is 13.1. The second-order valence-electron chi connectivity index (χ2n) is 8.58. The lowest BCUT2D eigenvalue weighted by Crippen LogP contribution is -2.55. The first kappa shape index (κ1) is 22.7. The highest BCUT2D eigenvalue weighted by Crippen LogP contribution is 2.15. The van der Waals surface area contributed by atoms with Crippen LogP contribution in [0.3, 0.4) is 0 Å². The molecule has 0 radical (unpaired) electrons. The van der Waals surface area contributed by atoms with Crippen LogP contribution in [0.4, 0.5) is 0 Å². The molecule has 4 atom stereocenters. The average Bonchev–Trinajstić information content (AvgIpc) is 2.72. The summed E-state index contributed by atoms with van der Waals surface area (Å²) in [5.41, 5.74) is 0.977. The molecule has 2 aliphatic rings. The standard InChI is InChI=1S/C22H34N4O4/c1-16-14-29-18(3)9-25(16)21(27)12-24(11-20-6-5-7-23-8-20)13-22(28)26-10-19(4)30-15-17(26)2/h5-8,16-19H,9-15H2,1-4H3. The summed E-state index contributed by atoms with van der Waals surface area (Å²) in [6.07, 6.45) is 3.54. The fourth-order valence-electron chi connectivity index (χ4n) is 3.98. The Morgan fingerprint density at radius 3 is 2.00 bits per heavy atom. The van der Waals surface area contributed by atoms with E-state index < -0.39 is 0 Å². The Hall–Kier alpha value is -2.03. The van der Waals surface area contributed by atoms with Crippen LogP contribution in [0, 0.1) is 0 Å². The van der Waals surface area contributed by atoms with Crippen molar-refractivity contribution in [2.45, 2.75) is 58.5 Å². The van der Waals surface area contributed by atoms with E-state index in [0.717, 1.165) is 5.56 Å². The Morgan fingerprint density at radius 1 is 1.00 bits per heavy atom. The topological polar surface area (TPSA) is 75.2 Å². The summed E-state index contributed by atoms with van der Waals surface area (Å²) in [6.45, 7) is 11.0. The fourth-order valence-corrected chi connectivity index (χ4v) is 3.98. The highest BCUT2D eigenvalue weighted by atomic mass is 16.5. The monoisotopic (exact) mass is 418 g/mol. The number of morpholine rings is 2. The summed E-state index contributed by atoms with van der Waals surface area (Å²) >= 11 is 0. The van der Waals surface area contributed by atoms with E-state index in [4.69, 9.17) is 9.47 Å². The second kappa shape index (κ2) is 10.3. The summed E-state index contributed by atoms with van der Waals surface area (Å²) in [7, 11) is 0. The van der Waals surface area contributed by atoms with Gasteiger partial charge in [-0.15, -0.1) is 0 Å². The zero-order valence-corrected chi connectivity index (χ0v) is 18.5. The SMILES string of the molecule is CC1CN(C(=O)CN(CC(=O)N2CC(C)OCC2C)Cc2cccnc2)C(C)CO1. The Morgan fingerprint density at radius 2 is 1.53 bits per heavy atom. The summed E-state index contributed by atoms with van der Waals surface area (Å²) in [6, 6.07) is 3.90. The van der Waals surface area contributed by atoms with E-state index in [1.807, 2.05) is 54.5 Å². The van der Waals surface area contributed by atoms with Gasteiger partial charge in [0.2, 0.25) is 11.8 Å². The van der Waals surface area contributed by atoms with Gasteiger partial charge in [0.05, 0.1) is 50.6 Å². The van der Waals surface area contributed by atoms with Crippen molar-refractivity contribution in [1.29, 1.82) is 0 Å². The fraction of sp³-hybridized carbons (Fsp3) is 0.682. The lowest BCUT2D eigenvalue weighted by Gasteiger charge is -2.39. The van der Waals surface area contributed by atoms with Crippen LogP contribution in [-0.2, 0) is 25.6 Å². The van der Waals surface area contributed by atoms with Crippen molar-refractivity contribution < 1.29 is 19.1 Å². The largest absolute Gasteiger partial charge is 0.375 e. The molecule has 0 saturated carbocycles. The zero-order valence-electron chi connectivity index (χ0n) is 18.5. The average molecular weight is 419 g/mol. The van der Waals surface area contributed by atoms with Gasteiger partial charge >= 0.3 is 0 Å². The van der Waals surface area contributed by atoms with E-state index >= 15 is 0 Å². The Kier molecular flexibility index (Phi) is 7.80. The second-order valence-corrected chi connectivity index (χ2v) is 8.58. The first-order valence-electron chi connectivity index (χ1n) is 10.8. The quantitative estimate of drug-likeness (QED) is 0.690. The predicted molar refractivity (Wildman–Crippen MR) is 113 cm³/mol. The molecule has 8 heteroatoms. The maximum atomic E-state index is 13.1. The minimum Gasteiger partial charge on any atom is -0.375 e. The van der Waals surface area contributed by atoms with Crippen molar-refractivity contribution in [2.75, 3.05) is 39.4 Å². The van der Waals surface area contributed by atoms with Crippen LogP contribution in [-0.4, -0.2) is 95.2 Å². The summed E-state index contributed by atoms with van der Waals surface area (Å²) < 4.78 is 11.3. The Balaban J connectivity index is 1.69. The van der Waals surface area contributed by atoms with Gasteiger partial charge in [0.25, 0.3) is 0 Å². The number of aromatic nitrogens is 1. The van der Waals surface area contributed by atoms with Crippen molar-refractivity contribution in [3.8, 4) is 0 Å². The van der Waals surface area contributed by atoms with E-state index in [9.17, 15) is 9.59 Å². The van der Waals surface area contributed by atoms with Gasteiger partial charge < -0.3 is 19.3 Å². The van der Waals surface area contributed by atoms with E-state index in [2.05, 4.69) is 4.98 Å². The lowest BCUT2D eigenvalue weighted by molar-refractivity contribution is -0.148. The summed E-state index contributed by atoms with van der Waals surface area (Å²) in [5, 5.41) is 0. The normalized spacial score (nSPS) is 27.4. The number of hydrogen-bond acceptors (Lipinski definition) is 6. The van der Waals surface area contributed by atoms with Crippen molar-refractivity contribution in [3.05, 3.63) is 30.1 Å². The number of amides is 2. The van der Waals surface area contributed by atoms with E-state index in [1.54, 1.807) is 12.4 Å². The van der Waals surface area contributed by atoms with Crippen molar-refractivity contribution in [2.24, 2.45) is 0 Å². The van der Waals surface area contributed by atoms with E-state index in [1.165, 1.54) is 0 Å². The predicted octanol–water partition coefficient (Wildman–Crippen LogP) is 1.16. The summed E-state index contributed by atoms with van der Waals surface area (Å²) in [5.74, 6) is 0.0514. The van der Waals surface area contributed by atoms with Gasteiger partial charge in [0.15, 0.2) is 0 Å². The number of rotatable bonds is 6. The molecular weight excluding hydrogens is 384 g/mol. The first-order valence-corrected chi connectivity index (χ1v) is 10.8. The van der Waals surface area contributed by atoms with Gasteiger partial charge in [-0.05, 0) is 39.3 Å². The van der Waals surface area contributed by atoms with E-state index in [-0.39, 0.29) is 49.2 Å². The first-order chi connectivity index (χ1) is 14.3. The molecule has 0 aromatic carbocycles. The molecule has 0 bridgehead atoms. The molecule has 3 rings (SSSR count). The highest BCUT2D eigenvalue weighted by molar-refractivity contribution is 5.82. The number of pyridine rings is 1. The molecule has 166 valence electrons. The maximum Gasteiger partial charge on any atom is 0.237 e. The lowest BCUT2D eigenvalue weighted by atomic mass is 10.2. The molecule has 0 spiro atoms. The molecule has 2 saturated heterocycles. The van der Waals surface area contributed by atoms with Crippen LogP contribution >= 0.6 is 0 Å². The molecule has 0 aliphatic carbocycles. The van der Waals surface area contributed by atoms with Gasteiger partial charge in [0, 0.05) is 32.0 Å². The van der Waals surface area contributed by atoms with Gasteiger partial charge in [0.1, 0.15) is 0 Å². The Labute approximate surface area is 179 Å². The Bertz CT molecular complexity index is 676. The van der Waals surface area contributed by atoms with Gasteiger partial charge in [-0.2, -0.15) is 0 Å². The molecule has 0 N–H and O–H groups in total. The number of hydrogen-bond donors (Lipinski definition) is 0. The van der Waals surface area contributed by atoms with Crippen LogP contribution in [0.2, 0.25) is 0 Å². The molecule has 2 aliphatic heterocycles. The molecule has 30 heavy (non-hydrogen) atoms. The number of ether oxygens (including phenoxy) is 2. The van der Waals surface area contributed by atoms with E-state index in [0.29, 0.717) is 32.8 Å².